The van der Waals surface area contributed by atoms with Gasteiger partial charge < -0.3 is 20.6 Å². The van der Waals surface area contributed by atoms with Crippen LogP contribution < -0.4 is 5.73 Å². The van der Waals surface area contributed by atoms with E-state index in [1.807, 2.05) is 32.0 Å². The van der Waals surface area contributed by atoms with E-state index in [0.717, 1.165) is 12.1 Å². The zero-order valence-electron chi connectivity index (χ0n) is 15.1. The van der Waals surface area contributed by atoms with Crippen LogP contribution in [0.4, 0.5) is 5.82 Å². The third-order valence-corrected chi connectivity index (χ3v) is 4.69. The molecule has 2 aromatic heterocycles. The number of hydrogen-bond donors (Lipinski definition) is 2. The summed E-state index contributed by atoms with van der Waals surface area (Å²) in [7, 11) is 3.89. The number of nitrogen functional groups attached to an aromatic ring is 1. The average Bonchev–Trinajstić information content (AvgIpc) is 2.80. The van der Waals surface area contributed by atoms with E-state index >= 15 is 0 Å². The summed E-state index contributed by atoms with van der Waals surface area (Å²) in [6.07, 6.45) is 3.50. The number of hydrogen-bond acceptors (Lipinski definition) is 6. The van der Waals surface area contributed by atoms with Crippen LogP contribution in [0.3, 0.4) is 0 Å². The number of carbonyl (C=O) groups is 1. The molecule has 0 saturated carbocycles. The van der Waals surface area contributed by atoms with Crippen molar-refractivity contribution in [2.24, 2.45) is 0 Å². The highest BCUT2D eigenvalue weighted by molar-refractivity contribution is 5.98. The summed E-state index contributed by atoms with van der Waals surface area (Å²) in [5.74, 6) is 0.144. The summed E-state index contributed by atoms with van der Waals surface area (Å²) >= 11 is 0. The molecule has 25 heavy (non-hydrogen) atoms. The Hall–Kier alpha value is -2.19. The number of nitrogens with zero attached hydrogens (tertiary/aromatic N) is 5. The third kappa shape index (κ3) is 3.59. The molecule has 0 aromatic carbocycles. The van der Waals surface area contributed by atoms with Gasteiger partial charge in [0.1, 0.15) is 11.4 Å². The number of aryl methyl sites for hydroxylation is 1. The number of anilines is 1. The number of aromatic nitrogens is 3. The van der Waals surface area contributed by atoms with Gasteiger partial charge in [0.2, 0.25) is 0 Å². The molecule has 8 nitrogen and oxygen atoms in total. The minimum Gasteiger partial charge on any atom is -0.388 e. The zero-order valence-corrected chi connectivity index (χ0v) is 15.1. The molecule has 1 atom stereocenters. The fourth-order valence-corrected chi connectivity index (χ4v) is 3.53. The van der Waals surface area contributed by atoms with Crippen LogP contribution in [0.1, 0.15) is 35.3 Å². The van der Waals surface area contributed by atoms with Crippen molar-refractivity contribution >= 4 is 17.4 Å². The van der Waals surface area contributed by atoms with Gasteiger partial charge in [-0.2, -0.15) is 9.61 Å². The molecule has 3 rings (SSSR count). The number of fused-ring (bicyclic) bond motifs is 1. The first-order valence-electron chi connectivity index (χ1n) is 8.56. The molecule has 1 aliphatic heterocycles. The average molecular weight is 346 g/mol. The smallest absolute Gasteiger partial charge is 0.259 e. The Kier molecular flexibility index (Phi) is 4.66. The van der Waals surface area contributed by atoms with Crippen LogP contribution in [0.5, 0.6) is 0 Å². The molecular weight excluding hydrogens is 320 g/mol. The summed E-state index contributed by atoms with van der Waals surface area (Å²) in [6, 6.07) is 1.82. The van der Waals surface area contributed by atoms with Crippen molar-refractivity contribution < 1.29 is 9.90 Å². The van der Waals surface area contributed by atoms with E-state index in [1.54, 1.807) is 4.90 Å². The lowest BCUT2D eigenvalue weighted by molar-refractivity contribution is 0.00305. The van der Waals surface area contributed by atoms with Gasteiger partial charge >= 0.3 is 0 Å². The molecule has 3 heterocycles. The van der Waals surface area contributed by atoms with Crippen molar-refractivity contribution in [1.82, 2.24) is 24.4 Å². The quantitative estimate of drug-likeness (QED) is 0.841. The second-order valence-corrected chi connectivity index (χ2v) is 7.22. The van der Waals surface area contributed by atoms with E-state index in [1.165, 1.54) is 10.7 Å². The van der Waals surface area contributed by atoms with Crippen LogP contribution in [0.25, 0.3) is 5.65 Å². The number of carbonyl (C=O) groups excluding carboxylic acids is 1. The SMILES string of the molecule is Cc1cc2ncc(C(=O)N3CCCC(O)(CN(C)C)CC3)c(N)n2n1. The van der Waals surface area contributed by atoms with Crippen LogP contribution in [-0.4, -0.2) is 74.7 Å². The predicted molar refractivity (Wildman–Crippen MR) is 95.4 cm³/mol. The Labute approximate surface area is 147 Å². The van der Waals surface area contributed by atoms with Crippen molar-refractivity contribution in [1.29, 1.82) is 0 Å². The number of likely N-dealkylation sites (tertiary alicyclic amines) is 1. The first-order valence-corrected chi connectivity index (χ1v) is 8.56. The minimum absolute atomic E-state index is 0.158. The van der Waals surface area contributed by atoms with Crippen LogP contribution in [0.2, 0.25) is 0 Å². The second kappa shape index (κ2) is 6.61. The van der Waals surface area contributed by atoms with Crippen LogP contribution in [-0.2, 0) is 0 Å². The van der Waals surface area contributed by atoms with Gasteiger partial charge in [0, 0.05) is 31.9 Å². The Morgan fingerprint density at radius 1 is 1.40 bits per heavy atom. The van der Waals surface area contributed by atoms with Crippen molar-refractivity contribution in [2.45, 2.75) is 31.8 Å². The topological polar surface area (TPSA) is 100.0 Å². The van der Waals surface area contributed by atoms with Gasteiger partial charge in [0.25, 0.3) is 5.91 Å². The van der Waals surface area contributed by atoms with Crippen LogP contribution >= 0.6 is 0 Å². The monoisotopic (exact) mass is 346 g/mol. The lowest BCUT2D eigenvalue weighted by Crippen LogP contribution is -2.41. The molecule has 1 fully saturated rings. The van der Waals surface area contributed by atoms with E-state index in [0.29, 0.717) is 49.5 Å². The lowest BCUT2D eigenvalue weighted by atomic mass is 9.94. The number of aliphatic hydroxyl groups is 1. The van der Waals surface area contributed by atoms with Crippen molar-refractivity contribution in [3.63, 3.8) is 0 Å². The van der Waals surface area contributed by atoms with E-state index in [4.69, 9.17) is 5.73 Å². The van der Waals surface area contributed by atoms with Gasteiger partial charge in [0.15, 0.2) is 5.65 Å². The molecule has 0 radical (unpaired) electrons. The van der Waals surface area contributed by atoms with Crippen LogP contribution in [0, 0.1) is 6.92 Å². The van der Waals surface area contributed by atoms with Crippen molar-refractivity contribution in [3.05, 3.63) is 23.5 Å². The minimum atomic E-state index is -0.759. The van der Waals surface area contributed by atoms with Gasteiger partial charge in [-0.3, -0.25) is 4.79 Å². The molecule has 8 heteroatoms. The number of likely N-dealkylation sites (N-methyl/N-ethyl adjacent to an activating group) is 1. The Morgan fingerprint density at radius 3 is 2.88 bits per heavy atom. The maximum absolute atomic E-state index is 12.9. The van der Waals surface area contributed by atoms with Gasteiger partial charge in [-0.05, 0) is 40.3 Å². The number of nitrogens with two attached hydrogens (primary N) is 1. The molecule has 2 aromatic rings. The summed E-state index contributed by atoms with van der Waals surface area (Å²) in [5, 5.41) is 15.0. The second-order valence-electron chi connectivity index (χ2n) is 7.22. The first-order chi connectivity index (χ1) is 11.8. The highest BCUT2D eigenvalue weighted by Crippen LogP contribution is 2.25. The normalized spacial score (nSPS) is 21.7. The third-order valence-electron chi connectivity index (χ3n) is 4.69. The van der Waals surface area contributed by atoms with E-state index in [-0.39, 0.29) is 5.91 Å². The summed E-state index contributed by atoms with van der Waals surface area (Å²) in [5.41, 5.74) is 7.18. The van der Waals surface area contributed by atoms with Gasteiger partial charge in [-0.25, -0.2) is 4.98 Å². The molecule has 0 bridgehead atoms. The maximum atomic E-state index is 12.9. The molecule has 0 aliphatic carbocycles. The first kappa shape index (κ1) is 17.6. The fourth-order valence-electron chi connectivity index (χ4n) is 3.53. The molecular formula is C17H26N6O2. The summed E-state index contributed by atoms with van der Waals surface area (Å²) in [6.45, 7) is 3.55. The van der Waals surface area contributed by atoms with Crippen LogP contribution in [0.15, 0.2) is 12.3 Å². The fraction of sp³-hybridized carbons (Fsp3) is 0.588. The van der Waals surface area contributed by atoms with Crippen molar-refractivity contribution in [2.75, 3.05) is 39.5 Å². The van der Waals surface area contributed by atoms with Crippen molar-refractivity contribution in [3.8, 4) is 0 Å². The Bertz CT molecular complexity index is 787. The lowest BCUT2D eigenvalue weighted by Gasteiger charge is -2.30. The molecule has 1 amide bonds. The van der Waals surface area contributed by atoms with Gasteiger partial charge in [-0.1, -0.05) is 0 Å². The number of rotatable bonds is 3. The highest BCUT2D eigenvalue weighted by atomic mass is 16.3. The van der Waals surface area contributed by atoms with Gasteiger partial charge in [0.05, 0.1) is 11.3 Å². The highest BCUT2D eigenvalue weighted by Gasteiger charge is 2.32. The molecule has 0 spiro atoms. The summed E-state index contributed by atoms with van der Waals surface area (Å²) in [4.78, 5) is 20.9. The zero-order chi connectivity index (χ0) is 18.2. The van der Waals surface area contributed by atoms with Gasteiger partial charge in [-0.15, -0.1) is 0 Å². The molecule has 1 aliphatic rings. The number of amides is 1. The summed E-state index contributed by atoms with van der Waals surface area (Å²) < 4.78 is 1.50. The molecule has 136 valence electrons. The van der Waals surface area contributed by atoms with E-state index < -0.39 is 5.60 Å². The van der Waals surface area contributed by atoms with E-state index in [9.17, 15) is 9.90 Å². The standard InChI is InChI=1S/C17H26N6O2/c1-12-9-14-19-10-13(15(18)23(14)20-12)16(24)22-7-4-5-17(25,6-8-22)11-21(2)3/h9-10,25H,4-8,11,18H2,1-3H3. The Morgan fingerprint density at radius 2 is 2.16 bits per heavy atom. The largest absolute Gasteiger partial charge is 0.388 e. The molecule has 1 saturated heterocycles. The predicted octanol–water partition coefficient (Wildman–Crippen LogP) is 0.539. The maximum Gasteiger partial charge on any atom is 0.259 e. The molecule has 3 N–H and O–H groups in total. The Balaban J connectivity index is 1.80. The van der Waals surface area contributed by atoms with E-state index in [2.05, 4.69) is 10.1 Å². The molecule has 1 unspecified atom stereocenters.